The van der Waals surface area contributed by atoms with Gasteiger partial charge in [-0.3, -0.25) is 0 Å². The molecule has 1 atom stereocenters. The van der Waals surface area contributed by atoms with E-state index in [0.29, 0.717) is 5.23 Å². The normalized spacial score (nSPS) is 14.0. The lowest BCUT2D eigenvalue weighted by molar-refractivity contribution is -0.558. The molecule has 0 aliphatic carbocycles. The van der Waals surface area contributed by atoms with E-state index in [1.807, 2.05) is 32.3 Å². The lowest BCUT2D eigenvalue weighted by Crippen LogP contribution is -2.27. The molecule has 14 heavy (non-hydrogen) atoms. The topological polar surface area (TPSA) is 52.4 Å². The van der Waals surface area contributed by atoms with Crippen molar-refractivity contribution in [2.45, 2.75) is 33.7 Å². The predicted molar refractivity (Wildman–Crippen MR) is 57.8 cm³/mol. The first-order valence-corrected chi connectivity index (χ1v) is 6.69. The van der Waals surface area contributed by atoms with Crippen LogP contribution >= 0.6 is 20.0 Å². The third-order valence-electron chi connectivity index (χ3n) is 1.62. The molecular weight excluding hydrogens is 221 g/mol. The van der Waals surface area contributed by atoms with Gasteiger partial charge in [-0.2, -0.15) is 9.10 Å². The molecule has 4 nitrogen and oxygen atoms in total. The maximum absolute atomic E-state index is 10.5. The molecule has 0 rings (SSSR count). The van der Waals surface area contributed by atoms with Crippen molar-refractivity contribution in [1.29, 1.82) is 0 Å². The second kappa shape index (κ2) is 7.21. The summed E-state index contributed by atoms with van der Waals surface area (Å²) in [7, 11) is -2.81. The van der Waals surface area contributed by atoms with Crippen LogP contribution in [0.4, 0.5) is 0 Å². The molecule has 0 saturated heterocycles. The summed E-state index contributed by atoms with van der Waals surface area (Å²) < 4.78 is 17.2. The molecular formula is C8H17NO3PS+. The summed E-state index contributed by atoms with van der Waals surface area (Å²) >= 11 is 1.40. The lowest BCUT2D eigenvalue weighted by atomic mass is 10.4. The van der Waals surface area contributed by atoms with Crippen molar-refractivity contribution in [3.63, 3.8) is 0 Å². The van der Waals surface area contributed by atoms with Gasteiger partial charge in [0.15, 0.2) is 6.04 Å². The third kappa shape index (κ3) is 4.94. The molecule has 0 aromatic rings. The van der Waals surface area contributed by atoms with E-state index in [-0.39, 0.29) is 6.04 Å². The number of rotatable bonds is 4. The second-order valence-electron chi connectivity index (χ2n) is 2.89. The van der Waals surface area contributed by atoms with E-state index in [4.69, 9.17) is 4.52 Å². The number of thioether (sulfide) groups is 1. The Bertz CT molecular complexity index is 231. The Morgan fingerprint density at radius 3 is 2.43 bits per heavy atom. The molecule has 82 valence electrons. The SMILES string of the molecule is CCSC(O[P+](=O)[O-])=[N+](CC)C(C)C. The first-order chi connectivity index (χ1) is 6.52. The Labute approximate surface area is 90.3 Å². The molecule has 0 aliphatic rings. The fourth-order valence-electron chi connectivity index (χ4n) is 1.05. The van der Waals surface area contributed by atoms with Crippen molar-refractivity contribution >= 4 is 25.2 Å². The van der Waals surface area contributed by atoms with Crippen LogP contribution in [0.15, 0.2) is 0 Å². The predicted octanol–water partition coefficient (Wildman–Crippen LogP) is 1.57. The van der Waals surface area contributed by atoms with E-state index in [9.17, 15) is 9.46 Å². The summed E-state index contributed by atoms with van der Waals surface area (Å²) in [6, 6.07) is 0.240. The molecule has 0 aromatic carbocycles. The van der Waals surface area contributed by atoms with Gasteiger partial charge in [-0.05, 0) is 37.1 Å². The quantitative estimate of drug-likeness (QED) is 0.323. The van der Waals surface area contributed by atoms with Gasteiger partial charge in [-0.1, -0.05) is 6.92 Å². The fraction of sp³-hybridized carbons (Fsp3) is 0.875. The largest absolute Gasteiger partial charge is 0.558 e. The van der Waals surface area contributed by atoms with Crippen LogP contribution in [-0.4, -0.2) is 28.1 Å². The van der Waals surface area contributed by atoms with Crippen LogP contribution in [0.2, 0.25) is 0 Å². The molecule has 0 amide bonds. The highest BCUT2D eigenvalue weighted by atomic mass is 32.2. The molecule has 0 heterocycles. The minimum Gasteiger partial charge on any atom is -0.558 e. The zero-order valence-electron chi connectivity index (χ0n) is 9.02. The average Bonchev–Trinajstić information content (AvgIpc) is 2.03. The maximum Gasteiger partial charge on any atom is 0.545 e. The summed E-state index contributed by atoms with van der Waals surface area (Å²) in [4.78, 5) is 10.5. The van der Waals surface area contributed by atoms with Crippen molar-refractivity contribution in [3.8, 4) is 0 Å². The zero-order valence-corrected chi connectivity index (χ0v) is 10.7. The highest BCUT2D eigenvalue weighted by Gasteiger charge is 2.24. The molecule has 0 fully saturated rings. The van der Waals surface area contributed by atoms with E-state index < -0.39 is 8.25 Å². The van der Waals surface area contributed by atoms with Gasteiger partial charge in [0.2, 0.25) is 0 Å². The van der Waals surface area contributed by atoms with Crippen LogP contribution in [0.25, 0.3) is 0 Å². The monoisotopic (exact) mass is 238 g/mol. The minimum absolute atomic E-state index is 0.240. The van der Waals surface area contributed by atoms with Gasteiger partial charge in [0.25, 0.3) is 0 Å². The van der Waals surface area contributed by atoms with Crippen LogP contribution < -0.4 is 4.89 Å². The summed E-state index contributed by atoms with van der Waals surface area (Å²) in [5, 5.41) is 0.473. The highest BCUT2D eigenvalue weighted by molar-refractivity contribution is 8.13. The summed E-state index contributed by atoms with van der Waals surface area (Å²) in [6.45, 7) is 8.67. The molecule has 0 spiro atoms. The van der Waals surface area contributed by atoms with E-state index >= 15 is 0 Å². The summed E-state index contributed by atoms with van der Waals surface area (Å²) in [5.41, 5.74) is 0. The van der Waals surface area contributed by atoms with Crippen molar-refractivity contribution < 1.29 is 18.6 Å². The van der Waals surface area contributed by atoms with Gasteiger partial charge >= 0.3 is 13.5 Å². The van der Waals surface area contributed by atoms with Gasteiger partial charge in [0.1, 0.15) is 6.54 Å². The lowest BCUT2D eigenvalue weighted by Gasteiger charge is -2.06. The van der Waals surface area contributed by atoms with Gasteiger partial charge in [-0.25, -0.2) is 0 Å². The van der Waals surface area contributed by atoms with Gasteiger partial charge < -0.3 is 4.89 Å². The Morgan fingerprint density at radius 1 is 1.57 bits per heavy atom. The molecule has 0 saturated carbocycles. The molecule has 0 N–H and O–H groups in total. The molecule has 1 unspecified atom stereocenters. The molecule has 0 radical (unpaired) electrons. The van der Waals surface area contributed by atoms with Gasteiger partial charge in [0, 0.05) is 5.75 Å². The van der Waals surface area contributed by atoms with E-state index in [2.05, 4.69) is 0 Å². The first-order valence-electron chi connectivity index (χ1n) is 4.61. The van der Waals surface area contributed by atoms with Crippen LogP contribution in [-0.2, 0) is 9.09 Å². The molecule has 6 heteroatoms. The van der Waals surface area contributed by atoms with E-state index in [1.165, 1.54) is 11.8 Å². The number of hydrogen-bond acceptors (Lipinski definition) is 4. The Balaban J connectivity index is 4.78. The van der Waals surface area contributed by atoms with Gasteiger partial charge in [-0.15, -0.1) is 0 Å². The van der Waals surface area contributed by atoms with Crippen molar-refractivity contribution in [3.05, 3.63) is 0 Å². The van der Waals surface area contributed by atoms with Crippen LogP contribution in [0.3, 0.4) is 0 Å². The number of nitrogens with zero attached hydrogens (tertiary/aromatic N) is 1. The summed E-state index contributed by atoms with van der Waals surface area (Å²) in [5.74, 6) is 0.793. The number of hydrogen-bond donors (Lipinski definition) is 0. The van der Waals surface area contributed by atoms with Crippen LogP contribution in [0.1, 0.15) is 27.7 Å². The second-order valence-corrected chi connectivity index (χ2v) is 4.74. The Morgan fingerprint density at radius 2 is 2.14 bits per heavy atom. The smallest absolute Gasteiger partial charge is 0.545 e. The summed E-state index contributed by atoms with van der Waals surface area (Å²) in [6.07, 6.45) is 0. The maximum atomic E-state index is 10.5. The van der Waals surface area contributed by atoms with Crippen molar-refractivity contribution in [1.82, 2.24) is 0 Å². The van der Waals surface area contributed by atoms with Crippen LogP contribution in [0.5, 0.6) is 0 Å². The molecule has 0 aromatic heterocycles. The van der Waals surface area contributed by atoms with Crippen LogP contribution in [0, 0.1) is 0 Å². The van der Waals surface area contributed by atoms with E-state index in [1.54, 1.807) is 0 Å². The average molecular weight is 238 g/mol. The van der Waals surface area contributed by atoms with E-state index in [0.717, 1.165) is 12.3 Å². The molecule has 0 bridgehead atoms. The standard InChI is InChI=1S/C8H17NO3PS/c1-5-9(7(3)4)8(14-6-2)12-13(10)11/h7H,5-6H2,1-4H3/q+1. The zero-order chi connectivity index (χ0) is 11.1. The first kappa shape index (κ1) is 13.9. The Hall–Kier alpha value is -0.120. The fourth-order valence-corrected chi connectivity index (χ4v) is 2.43. The highest BCUT2D eigenvalue weighted by Crippen LogP contribution is 2.17. The Kier molecular flexibility index (Phi) is 7.15. The van der Waals surface area contributed by atoms with Crippen molar-refractivity contribution in [2.24, 2.45) is 0 Å². The minimum atomic E-state index is -2.81. The molecule has 0 aliphatic heterocycles. The van der Waals surface area contributed by atoms with Crippen molar-refractivity contribution in [2.75, 3.05) is 12.3 Å². The third-order valence-corrected chi connectivity index (χ3v) is 2.92. The van der Waals surface area contributed by atoms with Gasteiger partial charge in [0.05, 0.1) is 0 Å².